The molecule has 0 heterocycles. The maximum absolute atomic E-state index is 3.74. The highest BCUT2D eigenvalue weighted by Gasteiger charge is 2.15. The summed E-state index contributed by atoms with van der Waals surface area (Å²) in [5, 5.41) is 3.74. The summed E-state index contributed by atoms with van der Waals surface area (Å²) in [5.41, 5.74) is 1.46. The van der Waals surface area contributed by atoms with Gasteiger partial charge in [0, 0.05) is 6.04 Å². The van der Waals surface area contributed by atoms with Gasteiger partial charge in [0.15, 0.2) is 0 Å². The molecule has 1 fully saturated rings. The van der Waals surface area contributed by atoms with Crippen LogP contribution in [0.25, 0.3) is 0 Å². The molecule has 1 aliphatic rings. The summed E-state index contributed by atoms with van der Waals surface area (Å²) in [4.78, 5) is 0. The number of rotatable bonds is 7. The molecule has 1 unspecified atom stereocenters. The van der Waals surface area contributed by atoms with Crippen LogP contribution in [0.1, 0.15) is 51.0 Å². The molecular formula is C17H27N. The van der Waals surface area contributed by atoms with E-state index in [0.717, 1.165) is 5.92 Å². The topological polar surface area (TPSA) is 12.0 Å². The van der Waals surface area contributed by atoms with Gasteiger partial charge in [0.05, 0.1) is 0 Å². The molecule has 0 saturated heterocycles. The summed E-state index contributed by atoms with van der Waals surface area (Å²) in [7, 11) is 0. The van der Waals surface area contributed by atoms with Crippen molar-refractivity contribution in [1.29, 1.82) is 0 Å². The summed E-state index contributed by atoms with van der Waals surface area (Å²) in [6.07, 6.45) is 9.64. The monoisotopic (exact) mass is 245 g/mol. The zero-order valence-electron chi connectivity index (χ0n) is 11.7. The van der Waals surface area contributed by atoms with Gasteiger partial charge in [0.1, 0.15) is 0 Å². The number of hydrogen-bond donors (Lipinski definition) is 1. The molecule has 1 aromatic carbocycles. The number of hydrogen-bond acceptors (Lipinski definition) is 1. The molecule has 1 N–H and O–H groups in total. The van der Waals surface area contributed by atoms with Crippen LogP contribution < -0.4 is 5.32 Å². The van der Waals surface area contributed by atoms with E-state index in [4.69, 9.17) is 0 Å². The van der Waals surface area contributed by atoms with Gasteiger partial charge in [-0.2, -0.15) is 0 Å². The van der Waals surface area contributed by atoms with Crippen molar-refractivity contribution in [2.24, 2.45) is 5.92 Å². The van der Waals surface area contributed by atoms with Gasteiger partial charge < -0.3 is 5.32 Å². The first-order chi connectivity index (χ1) is 8.88. The Labute approximate surface area is 112 Å². The van der Waals surface area contributed by atoms with Crippen LogP contribution in [0.3, 0.4) is 0 Å². The molecule has 0 aliphatic heterocycles. The van der Waals surface area contributed by atoms with Gasteiger partial charge in [-0.25, -0.2) is 0 Å². The minimum Gasteiger partial charge on any atom is -0.314 e. The molecule has 1 nitrogen and oxygen atoms in total. The second-order valence-corrected chi connectivity index (χ2v) is 5.69. The Hall–Kier alpha value is -0.820. The Morgan fingerprint density at radius 1 is 1.17 bits per heavy atom. The molecule has 0 spiro atoms. The van der Waals surface area contributed by atoms with E-state index in [1.54, 1.807) is 0 Å². The van der Waals surface area contributed by atoms with E-state index in [2.05, 4.69) is 42.6 Å². The second-order valence-electron chi connectivity index (χ2n) is 5.69. The van der Waals surface area contributed by atoms with E-state index < -0.39 is 0 Å². The molecule has 18 heavy (non-hydrogen) atoms. The highest BCUT2D eigenvalue weighted by atomic mass is 14.9. The third-order valence-corrected chi connectivity index (χ3v) is 4.28. The van der Waals surface area contributed by atoms with Crippen molar-refractivity contribution in [2.75, 3.05) is 6.54 Å². The van der Waals surface area contributed by atoms with Gasteiger partial charge >= 0.3 is 0 Å². The second kappa shape index (κ2) is 7.58. The quantitative estimate of drug-likeness (QED) is 0.760. The summed E-state index contributed by atoms with van der Waals surface area (Å²) < 4.78 is 0. The lowest BCUT2D eigenvalue weighted by atomic mass is 10.0. The van der Waals surface area contributed by atoms with Crippen LogP contribution in [-0.2, 0) is 6.42 Å². The van der Waals surface area contributed by atoms with Gasteiger partial charge in [0.2, 0.25) is 0 Å². The predicted molar refractivity (Wildman–Crippen MR) is 78.8 cm³/mol. The van der Waals surface area contributed by atoms with Crippen LogP contribution in [0.4, 0.5) is 0 Å². The Balaban J connectivity index is 1.68. The number of nitrogens with one attached hydrogen (secondary N) is 1. The standard InChI is InChI=1S/C17H27N/c1-2-17(14-16-10-4-3-5-11-16)18-13-12-15-8-6-7-9-15/h3-5,10-11,15,17-18H,2,6-9,12-14H2,1H3. The molecule has 2 rings (SSSR count). The zero-order chi connectivity index (χ0) is 12.6. The number of benzene rings is 1. The summed E-state index contributed by atoms with van der Waals surface area (Å²) >= 11 is 0. The van der Waals surface area contributed by atoms with Gasteiger partial charge in [-0.1, -0.05) is 62.9 Å². The van der Waals surface area contributed by atoms with Crippen LogP contribution in [0, 0.1) is 5.92 Å². The van der Waals surface area contributed by atoms with E-state index in [1.165, 1.54) is 57.1 Å². The fraction of sp³-hybridized carbons (Fsp3) is 0.647. The minimum absolute atomic E-state index is 0.647. The van der Waals surface area contributed by atoms with Crippen molar-refractivity contribution in [3.8, 4) is 0 Å². The van der Waals surface area contributed by atoms with E-state index >= 15 is 0 Å². The first-order valence-corrected chi connectivity index (χ1v) is 7.65. The normalized spacial score (nSPS) is 18.1. The van der Waals surface area contributed by atoms with Gasteiger partial charge in [-0.15, -0.1) is 0 Å². The molecule has 1 saturated carbocycles. The Kier molecular flexibility index (Phi) is 5.73. The average molecular weight is 245 g/mol. The molecule has 0 bridgehead atoms. The molecule has 0 amide bonds. The van der Waals surface area contributed by atoms with Crippen molar-refractivity contribution in [3.63, 3.8) is 0 Å². The van der Waals surface area contributed by atoms with Crippen molar-refractivity contribution in [1.82, 2.24) is 5.32 Å². The molecular weight excluding hydrogens is 218 g/mol. The van der Waals surface area contributed by atoms with E-state index in [-0.39, 0.29) is 0 Å². The van der Waals surface area contributed by atoms with E-state index in [1.807, 2.05) is 0 Å². The average Bonchev–Trinajstić information content (AvgIpc) is 2.92. The molecule has 100 valence electrons. The minimum atomic E-state index is 0.647. The SMILES string of the molecule is CCC(Cc1ccccc1)NCCC1CCCC1. The predicted octanol–water partition coefficient (Wildman–Crippen LogP) is 4.18. The third-order valence-electron chi connectivity index (χ3n) is 4.28. The fourth-order valence-corrected chi connectivity index (χ4v) is 3.05. The maximum atomic E-state index is 3.74. The maximum Gasteiger partial charge on any atom is 0.0105 e. The fourth-order valence-electron chi connectivity index (χ4n) is 3.05. The lowest BCUT2D eigenvalue weighted by molar-refractivity contribution is 0.430. The first kappa shape index (κ1) is 13.6. The van der Waals surface area contributed by atoms with E-state index in [0.29, 0.717) is 6.04 Å². The Bertz CT molecular complexity index is 314. The molecule has 1 aromatic rings. The molecule has 1 heteroatoms. The van der Waals surface area contributed by atoms with E-state index in [9.17, 15) is 0 Å². The molecule has 0 aromatic heterocycles. The highest BCUT2D eigenvalue weighted by molar-refractivity contribution is 5.15. The summed E-state index contributed by atoms with van der Waals surface area (Å²) in [6, 6.07) is 11.5. The van der Waals surface area contributed by atoms with Crippen LogP contribution >= 0.6 is 0 Å². The molecule has 1 atom stereocenters. The molecule has 0 radical (unpaired) electrons. The van der Waals surface area contributed by atoms with Crippen molar-refractivity contribution >= 4 is 0 Å². The zero-order valence-corrected chi connectivity index (χ0v) is 11.7. The third kappa shape index (κ3) is 4.45. The van der Waals surface area contributed by atoms with Crippen molar-refractivity contribution in [2.45, 2.75) is 57.9 Å². The van der Waals surface area contributed by atoms with Crippen LogP contribution in [0.2, 0.25) is 0 Å². The summed E-state index contributed by atoms with van der Waals surface area (Å²) in [5.74, 6) is 1.01. The Morgan fingerprint density at radius 3 is 2.56 bits per heavy atom. The Morgan fingerprint density at radius 2 is 1.89 bits per heavy atom. The van der Waals surface area contributed by atoms with Gasteiger partial charge in [-0.3, -0.25) is 0 Å². The van der Waals surface area contributed by atoms with Gasteiger partial charge in [0.25, 0.3) is 0 Å². The van der Waals surface area contributed by atoms with Gasteiger partial charge in [-0.05, 0) is 37.3 Å². The lowest BCUT2D eigenvalue weighted by Gasteiger charge is -2.18. The highest BCUT2D eigenvalue weighted by Crippen LogP contribution is 2.26. The van der Waals surface area contributed by atoms with Crippen molar-refractivity contribution < 1.29 is 0 Å². The lowest BCUT2D eigenvalue weighted by Crippen LogP contribution is -2.32. The summed E-state index contributed by atoms with van der Waals surface area (Å²) in [6.45, 7) is 3.49. The van der Waals surface area contributed by atoms with Crippen molar-refractivity contribution in [3.05, 3.63) is 35.9 Å². The van der Waals surface area contributed by atoms with Crippen LogP contribution in [0.5, 0.6) is 0 Å². The smallest absolute Gasteiger partial charge is 0.0105 e. The molecule has 1 aliphatic carbocycles. The largest absolute Gasteiger partial charge is 0.314 e. The van der Waals surface area contributed by atoms with Crippen LogP contribution in [0.15, 0.2) is 30.3 Å². The first-order valence-electron chi connectivity index (χ1n) is 7.65. The van der Waals surface area contributed by atoms with Crippen LogP contribution in [-0.4, -0.2) is 12.6 Å².